The van der Waals surface area contributed by atoms with Crippen LogP contribution in [0, 0.1) is 6.92 Å². The van der Waals surface area contributed by atoms with Gasteiger partial charge in [0.15, 0.2) is 0 Å². The Morgan fingerprint density at radius 2 is 2.05 bits per heavy atom. The Hall–Kier alpha value is -1.42. The third kappa shape index (κ3) is 1.94. The van der Waals surface area contributed by atoms with Crippen molar-refractivity contribution in [2.75, 3.05) is 0 Å². The summed E-state index contributed by atoms with van der Waals surface area (Å²) in [6.07, 6.45) is 4.64. The van der Waals surface area contributed by atoms with E-state index in [1.165, 1.54) is 0 Å². The summed E-state index contributed by atoms with van der Waals surface area (Å²) in [7, 11) is 0. The van der Waals surface area contributed by atoms with E-state index in [2.05, 4.69) is 4.98 Å². The first-order chi connectivity index (χ1) is 9.13. The van der Waals surface area contributed by atoms with Gasteiger partial charge < -0.3 is 5.11 Å². The van der Waals surface area contributed by atoms with Crippen molar-refractivity contribution in [3.63, 3.8) is 0 Å². The molecule has 1 N–H and O–H groups in total. The van der Waals surface area contributed by atoms with Crippen LogP contribution < -0.4 is 0 Å². The van der Waals surface area contributed by atoms with Crippen LogP contribution in [0.3, 0.4) is 0 Å². The zero-order valence-corrected chi connectivity index (χ0v) is 11.8. The third-order valence-corrected chi connectivity index (χ3v) is 5.17. The Morgan fingerprint density at radius 3 is 2.74 bits per heavy atom. The molecule has 1 fully saturated rings. The Bertz CT molecular complexity index is 626. The summed E-state index contributed by atoms with van der Waals surface area (Å²) < 4.78 is 1.06. The van der Waals surface area contributed by atoms with Gasteiger partial charge in [0.25, 0.3) is 0 Å². The highest BCUT2D eigenvalue weighted by molar-refractivity contribution is 7.18. The van der Waals surface area contributed by atoms with Gasteiger partial charge in [-0.2, -0.15) is 0 Å². The lowest BCUT2D eigenvalue weighted by Gasteiger charge is -2.33. The predicted octanol–water partition coefficient (Wildman–Crippen LogP) is 3.89. The molecule has 1 heterocycles. The second-order valence-electron chi connectivity index (χ2n) is 5.33. The maximum atomic E-state index is 11.9. The minimum absolute atomic E-state index is 0.675. The van der Waals surface area contributed by atoms with Gasteiger partial charge in [0.05, 0.1) is 20.6 Å². The number of aromatic nitrogens is 1. The van der Waals surface area contributed by atoms with Crippen LogP contribution in [0.5, 0.6) is 0 Å². The molecule has 0 bridgehead atoms. The molecule has 1 aromatic heterocycles. The molecule has 1 aromatic carbocycles. The average Bonchev–Trinajstić information content (AvgIpc) is 2.79. The number of aliphatic carboxylic acids is 1. The minimum atomic E-state index is -0.698. The van der Waals surface area contributed by atoms with Crippen LogP contribution in [-0.2, 0) is 10.2 Å². The van der Waals surface area contributed by atoms with Crippen molar-refractivity contribution in [3.8, 4) is 0 Å². The Balaban J connectivity index is 2.22. The van der Waals surface area contributed by atoms with Crippen molar-refractivity contribution in [2.45, 2.75) is 44.4 Å². The maximum Gasteiger partial charge on any atom is 0.314 e. The molecular formula is C15H17NO2S. The summed E-state index contributed by atoms with van der Waals surface area (Å²) in [6.45, 7) is 1.97. The number of hydrogen-bond donors (Lipinski definition) is 1. The van der Waals surface area contributed by atoms with E-state index in [0.717, 1.165) is 52.9 Å². The van der Waals surface area contributed by atoms with Crippen molar-refractivity contribution in [1.82, 2.24) is 4.98 Å². The fourth-order valence-corrected chi connectivity index (χ4v) is 4.22. The van der Waals surface area contributed by atoms with E-state index < -0.39 is 11.4 Å². The van der Waals surface area contributed by atoms with E-state index in [9.17, 15) is 9.90 Å². The van der Waals surface area contributed by atoms with E-state index >= 15 is 0 Å². The van der Waals surface area contributed by atoms with Crippen molar-refractivity contribution in [1.29, 1.82) is 0 Å². The zero-order valence-electron chi connectivity index (χ0n) is 11.0. The number of rotatable bonds is 2. The summed E-state index contributed by atoms with van der Waals surface area (Å²) in [5, 5.41) is 10.8. The largest absolute Gasteiger partial charge is 0.481 e. The summed E-state index contributed by atoms with van der Waals surface area (Å²) in [5.41, 5.74) is 1.21. The summed E-state index contributed by atoms with van der Waals surface area (Å²) in [5.74, 6) is -0.675. The van der Waals surface area contributed by atoms with Crippen molar-refractivity contribution < 1.29 is 9.90 Å². The first-order valence-electron chi connectivity index (χ1n) is 6.73. The molecule has 100 valence electrons. The summed E-state index contributed by atoms with van der Waals surface area (Å²) in [6, 6.07) is 5.90. The molecule has 2 aromatic rings. The van der Waals surface area contributed by atoms with E-state index in [0.29, 0.717) is 0 Å². The van der Waals surface area contributed by atoms with E-state index in [1.807, 2.05) is 25.1 Å². The van der Waals surface area contributed by atoms with Gasteiger partial charge in [-0.15, -0.1) is 11.3 Å². The molecule has 0 spiro atoms. The van der Waals surface area contributed by atoms with E-state index in [-0.39, 0.29) is 0 Å². The van der Waals surface area contributed by atoms with Crippen molar-refractivity contribution in [2.24, 2.45) is 0 Å². The van der Waals surface area contributed by atoms with Crippen LogP contribution >= 0.6 is 11.3 Å². The molecule has 4 heteroatoms. The molecule has 19 heavy (non-hydrogen) atoms. The number of fused-ring (bicyclic) bond motifs is 1. The maximum absolute atomic E-state index is 11.9. The number of carbonyl (C=O) groups is 1. The van der Waals surface area contributed by atoms with Crippen LogP contribution in [0.25, 0.3) is 10.2 Å². The van der Waals surface area contributed by atoms with E-state index in [1.54, 1.807) is 11.3 Å². The first-order valence-corrected chi connectivity index (χ1v) is 7.55. The molecule has 1 saturated carbocycles. The second kappa shape index (κ2) is 4.60. The Morgan fingerprint density at radius 1 is 1.32 bits per heavy atom. The van der Waals surface area contributed by atoms with Crippen LogP contribution in [0.1, 0.15) is 42.7 Å². The number of nitrogens with zero attached hydrogens (tertiary/aromatic N) is 1. The summed E-state index contributed by atoms with van der Waals surface area (Å²) >= 11 is 1.61. The topological polar surface area (TPSA) is 50.2 Å². The number of hydrogen-bond acceptors (Lipinski definition) is 3. The van der Waals surface area contributed by atoms with Gasteiger partial charge in [0, 0.05) is 0 Å². The number of carboxylic acids is 1. The highest BCUT2D eigenvalue weighted by atomic mass is 32.1. The molecule has 0 aliphatic heterocycles. The van der Waals surface area contributed by atoms with Crippen LogP contribution in [0.2, 0.25) is 0 Å². The van der Waals surface area contributed by atoms with Crippen LogP contribution in [-0.4, -0.2) is 16.1 Å². The molecule has 3 nitrogen and oxygen atoms in total. The van der Waals surface area contributed by atoms with Crippen LogP contribution in [0.4, 0.5) is 0 Å². The fraction of sp³-hybridized carbons (Fsp3) is 0.467. The molecule has 0 amide bonds. The second-order valence-corrected chi connectivity index (χ2v) is 6.54. The molecule has 1 aliphatic carbocycles. The normalized spacial score (nSPS) is 18.6. The molecule has 0 atom stereocenters. The zero-order chi connectivity index (χ0) is 13.5. The molecule has 0 saturated heterocycles. The smallest absolute Gasteiger partial charge is 0.314 e. The lowest BCUT2D eigenvalue weighted by Crippen LogP contribution is -2.37. The number of carboxylic acid groups (broad SMARTS) is 1. The number of benzene rings is 1. The predicted molar refractivity (Wildman–Crippen MR) is 76.8 cm³/mol. The van der Waals surface area contributed by atoms with Gasteiger partial charge in [0.2, 0.25) is 0 Å². The molecule has 1 aliphatic rings. The molecule has 3 rings (SSSR count). The highest BCUT2D eigenvalue weighted by Gasteiger charge is 2.42. The van der Waals surface area contributed by atoms with Crippen molar-refractivity contribution >= 4 is 27.5 Å². The SMILES string of the molecule is Cc1nc2cccc(C3(C(=O)O)CCCCC3)c2s1. The number of thiazole rings is 1. The minimum Gasteiger partial charge on any atom is -0.481 e. The third-order valence-electron chi connectivity index (χ3n) is 4.15. The average molecular weight is 275 g/mol. The number of aryl methyl sites for hydroxylation is 1. The molecule has 0 radical (unpaired) electrons. The Labute approximate surface area is 116 Å². The lowest BCUT2D eigenvalue weighted by molar-refractivity contribution is -0.145. The first kappa shape index (κ1) is 12.6. The summed E-state index contributed by atoms with van der Waals surface area (Å²) in [4.78, 5) is 16.4. The van der Waals surface area contributed by atoms with Gasteiger partial charge in [0.1, 0.15) is 0 Å². The van der Waals surface area contributed by atoms with Gasteiger partial charge in [-0.1, -0.05) is 31.4 Å². The highest BCUT2D eigenvalue weighted by Crippen LogP contribution is 2.43. The Kier molecular flexibility index (Phi) is 3.05. The molecular weight excluding hydrogens is 258 g/mol. The van der Waals surface area contributed by atoms with Gasteiger partial charge in [-0.25, -0.2) is 4.98 Å². The monoisotopic (exact) mass is 275 g/mol. The fourth-order valence-electron chi connectivity index (χ4n) is 3.19. The van der Waals surface area contributed by atoms with Gasteiger partial charge >= 0.3 is 5.97 Å². The molecule has 0 unspecified atom stereocenters. The van der Waals surface area contributed by atoms with Crippen LogP contribution in [0.15, 0.2) is 18.2 Å². The van der Waals surface area contributed by atoms with Crippen molar-refractivity contribution in [3.05, 3.63) is 28.8 Å². The van der Waals surface area contributed by atoms with E-state index in [4.69, 9.17) is 0 Å². The van der Waals surface area contributed by atoms with Gasteiger partial charge in [-0.3, -0.25) is 4.79 Å². The quantitative estimate of drug-likeness (QED) is 0.904. The standard InChI is InChI=1S/C15H17NO2S/c1-10-16-12-7-5-6-11(13(12)19-10)15(14(17)18)8-3-2-4-9-15/h5-7H,2-4,8-9H2,1H3,(H,17,18). The van der Waals surface area contributed by atoms with Gasteiger partial charge in [-0.05, 0) is 31.4 Å². The lowest BCUT2D eigenvalue weighted by atomic mass is 9.69.